The molecule has 2 heteroatoms. The highest BCUT2D eigenvalue weighted by molar-refractivity contribution is 5.97. The van der Waals surface area contributed by atoms with E-state index in [0.29, 0.717) is 0 Å². The number of aryl methyl sites for hydroxylation is 3. The van der Waals surface area contributed by atoms with E-state index >= 15 is 0 Å². The minimum absolute atomic E-state index is 0.222. The van der Waals surface area contributed by atoms with Crippen molar-refractivity contribution in [3.05, 3.63) is 126 Å². The van der Waals surface area contributed by atoms with Crippen molar-refractivity contribution in [2.75, 3.05) is 0 Å². The third-order valence-electron chi connectivity index (χ3n) is 6.27. The summed E-state index contributed by atoms with van der Waals surface area (Å²) >= 11 is 0. The predicted molar refractivity (Wildman–Crippen MR) is 145 cm³/mol. The first-order valence-corrected chi connectivity index (χ1v) is 11.8. The molecule has 0 bridgehead atoms. The van der Waals surface area contributed by atoms with Gasteiger partial charge in [0, 0.05) is 16.7 Å². The zero-order valence-corrected chi connectivity index (χ0v) is 20.2. The summed E-state index contributed by atoms with van der Waals surface area (Å²) in [6.07, 6.45) is 0. The molecule has 1 N–H and O–H groups in total. The van der Waals surface area contributed by atoms with Crippen LogP contribution in [0.1, 0.15) is 16.7 Å². The fourth-order valence-corrected chi connectivity index (χ4v) is 4.32. The van der Waals surface area contributed by atoms with Gasteiger partial charge in [-0.2, -0.15) is 0 Å². The van der Waals surface area contributed by atoms with E-state index in [1.54, 1.807) is 0 Å². The van der Waals surface area contributed by atoms with Crippen LogP contribution in [0.5, 0.6) is 17.2 Å². The first-order chi connectivity index (χ1) is 17.0. The van der Waals surface area contributed by atoms with Crippen molar-refractivity contribution in [2.45, 2.75) is 20.8 Å². The summed E-state index contributed by atoms with van der Waals surface area (Å²) in [5, 5.41) is 11.4. The van der Waals surface area contributed by atoms with Crippen LogP contribution in [-0.4, -0.2) is 5.11 Å². The second kappa shape index (κ2) is 9.52. The lowest BCUT2D eigenvalue weighted by molar-refractivity contribution is 0.469. The number of ether oxygens (including phenoxy) is 1. The molecule has 0 aliphatic heterocycles. The van der Waals surface area contributed by atoms with Crippen LogP contribution in [0.3, 0.4) is 0 Å². The van der Waals surface area contributed by atoms with Crippen molar-refractivity contribution in [3.63, 3.8) is 0 Å². The summed E-state index contributed by atoms with van der Waals surface area (Å²) in [6, 6.07) is 36.6. The van der Waals surface area contributed by atoms with Crippen LogP contribution >= 0.6 is 0 Å². The van der Waals surface area contributed by atoms with Gasteiger partial charge in [-0.05, 0) is 55.7 Å². The molecule has 172 valence electrons. The van der Waals surface area contributed by atoms with Crippen molar-refractivity contribution in [2.24, 2.45) is 0 Å². The van der Waals surface area contributed by atoms with Gasteiger partial charge < -0.3 is 9.84 Å². The summed E-state index contributed by atoms with van der Waals surface area (Å²) in [7, 11) is 0. The molecule has 0 saturated carbocycles. The van der Waals surface area contributed by atoms with Gasteiger partial charge in [-0.1, -0.05) is 108 Å². The highest BCUT2D eigenvalue weighted by Crippen LogP contribution is 2.51. The normalized spacial score (nSPS) is 10.8. The predicted octanol–water partition coefficient (Wildman–Crippen LogP) is 9.11. The third-order valence-corrected chi connectivity index (χ3v) is 6.27. The SMILES string of the molecule is Cc1ccc(Oc2c(-c3ccccc3)cc(O)c(-c3ccc(C)cc3)c2-c2ccc(C)cc2)cc1. The fraction of sp³-hybridized carbons (Fsp3) is 0.0909. The molecule has 5 aromatic carbocycles. The molecule has 0 aromatic heterocycles. The van der Waals surface area contributed by atoms with E-state index in [1.165, 1.54) is 16.7 Å². The van der Waals surface area contributed by atoms with Crippen LogP contribution in [0.4, 0.5) is 0 Å². The molecule has 0 amide bonds. The van der Waals surface area contributed by atoms with Gasteiger partial charge in [0.1, 0.15) is 17.2 Å². The quantitative estimate of drug-likeness (QED) is 0.286. The molecular formula is C33H28O2. The molecule has 0 spiro atoms. The molecule has 5 rings (SSSR count). The van der Waals surface area contributed by atoms with E-state index in [1.807, 2.05) is 60.7 Å². The average molecular weight is 457 g/mol. The average Bonchev–Trinajstić information content (AvgIpc) is 2.88. The van der Waals surface area contributed by atoms with E-state index < -0.39 is 0 Å². The maximum absolute atomic E-state index is 11.4. The van der Waals surface area contributed by atoms with Crippen molar-refractivity contribution in [1.29, 1.82) is 0 Å². The minimum Gasteiger partial charge on any atom is -0.507 e. The van der Waals surface area contributed by atoms with Gasteiger partial charge in [-0.25, -0.2) is 0 Å². The van der Waals surface area contributed by atoms with Gasteiger partial charge >= 0.3 is 0 Å². The molecule has 0 radical (unpaired) electrons. The van der Waals surface area contributed by atoms with Gasteiger partial charge in [0.15, 0.2) is 0 Å². The van der Waals surface area contributed by atoms with Gasteiger partial charge in [-0.15, -0.1) is 0 Å². The Morgan fingerprint density at radius 3 is 1.54 bits per heavy atom. The van der Waals surface area contributed by atoms with Gasteiger partial charge in [0.05, 0.1) is 0 Å². The fourth-order valence-electron chi connectivity index (χ4n) is 4.32. The molecule has 35 heavy (non-hydrogen) atoms. The molecule has 0 aliphatic carbocycles. The molecule has 0 fully saturated rings. The zero-order chi connectivity index (χ0) is 24.4. The van der Waals surface area contributed by atoms with E-state index in [9.17, 15) is 5.11 Å². The lowest BCUT2D eigenvalue weighted by Gasteiger charge is -2.22. The molecule has 0 saturated heterocycles. The molecule has 0 unspecified atom stereocenters. The number of rotatable bonds is 5. The second-order valence-corrected chi connectivity index (χ2v) is 9.04. The van der Waals surface area contributed by atoms with Crippen LogP contribution in [-0.2, 0) is 0 Å². The number of phenols is 1. The Hall–Kier alpha value is -4.30. The number of hydrogen-bond donors (Lipinski definition) is 1. The maximum atomic E-state index is 11.4. The van der Waals surface area contributed by atoms with Gasteiger partial charge in [-0.3, -0.25) is 0 Å². The summed E-state index contributed by atoms with van der Waals surface area (Å²) in [5.74, 6) is 1.69. The number of aromatic hydroxyl groups is 1. The van der Waals surface area contributed by atoms with Crippen LogP contribution in [0.15, 0.2) is 109 Å². The Morgan fingerprint density at radius 1 is 0.514 bits per heavy atom. The second-order valence-electron chi connectivity index (χ2n) is 9.04. The first kappa shape index (κ1) is 22.5. The van der Waals surface area contributed by atoms with Gasteiger partial charge in [0.2, 0.25) is 0 Å². The van der Waals surface area contributed by atoms with E-state index in [0.717, 1.165) is 44.9 Å². The molecule has 5 aromatic rings. The monoisotopic (exact) mass is 456 g/mol. The lowest BCUT2D eigenvalue weighted by Crippen LogP contribution is -1.97. The zero-order valence-electron chi connectivity index (χ0n) is 20.2. The minimum atomic E-state index is 0.222. The molecule has 0 aliphatic rings. The Morgan fingerprint density at radius 2 is 1.00 bits per heavy atom. The molecule has 0 atom stereocenters. The van der Waals surface area contributed by atoms with Crippen molar-refractivity contribution in [3.8, 4) is 50.6 Å². The maximum Gasteiger partial charge on any atom is 0.143 e. The Labute approximate surface area is 207 Å². The van der Waals surface area contributed by atoms with Crippen LogP contribution in [0.2, 0.25) is 0 Å². The van der Waals surface area contributed by atoms with Crippen LogP contribution in [0, 0.1) is 20.8 Å². The van der Waals surface area contributed by atoms with Crippen molar-refractivity contribution in [1.82, 2.24) is 0 Å². The number of phenolic OH excluding ortho intramolecular Hbond substituents is 1. The smallest absolute Gasteiger partial charge is 0.143 e. The number of hydrogen-bond acceptors (Lipinski definition) is 2. The standard InChI is InChI=1S/C33H28O2/c1-22-9-15-26(16-10-22)31-30(34)21-29(25-7-5-4-6-8-25)33(35-28-19-13-24(3)14-20-28)32(31)27-17-11-23(2)12-18-27/h4-21,34H,1-3H3. The highest BCUT2D eigenvalue weighted by atomic mass is 16.5. The summed E-state index contributed by atoms with van der Waals surface area (Å²) in [6.45, 7) is 6.20. The largest absolute Gasteiger partial charge is 0.507 e. The lowest BCUT2D eigenvalue weighted by atomic mass is 9.88. The Balaban J connectivity index is 1.85. The molecule has 0 heterocycles. The van der Waals surface area contributed by atoms with E-state index in [-0.39, 0.29) is 5.75 Å². The summed E-state index contributed by atoms with van der Waals surface area (Å²) in [5.41, 5.74) is 8.90. The first-order valence-electron chi connectivity index (χ1n) is 11.8. The van der Waals surface area contributed by atoms with E-state index in [2.05, 4.69) is 69.3 Å². The Bertz CT molecular complexity index is 1450. The van der Waals surface area contributed by atoms with Crippen molar-refractivity contribution >= 4 is 0 Å². The highest BCUT2D eigenvalue weighted by Gasteiger charge is 2.23. The van der Waals surface area contributed by atoms with E-state index in [4.69, 9.17) is 4.74 Å². The molecule has 2 nitrogen and oxygen atoms in total. The van der Waals surface area contributed by atoms with Crippen molar-refractivity contribution < 1.29 is 9.84 Å². The topological polar surface area (TPSA) is 29.5 Å². The molecular weight excluding hydrogens is 428 g/mol. The third kappa shape index (κ3) is 4.69. The van der Waals surface area contributed by atoms with Crippen LogP contribution < -0.4 is 4.74 Å². The summed E-state index contributed by atoms with van der Waals surface area (Å²) < 4.78 is 6.66. The summed E-state index contributed by atoms with van der Waals surface area (Å²) in [4.78, 5) is 0. The number of benzene rings is 5. The Kier molecular flexibility index (Phi) is 6.12. The van der Waals surface area contributed by atoms with Gasteiger partial charge in [0.25, 0.3) is 0 Å². The van der Waals surface area contributed by atoms with Crippen LogP contribution in [0.25, 0.3) is 33.4 Å².